The monoisotopic (exact) mass is 261 g/mol. The molecular weight excluding hydrogens is 234 g/mol. The minimum absolute atomic E-state index is 0.153. The van der Waals surface area contributed by atoms with Crippen LogP contribution in [0.2, 0.25) is 0 Å². The van der Waals surface area contributed by atoms with E-state index in [-0.39, 0.29) is 17.0 Å². The minimum atomic E-state index is -2.90. The zero-order valence-corrected chi connectivity index (χ0v) is 12.1. The molecule has 1 aliphatic carbocycles. The van der Waals surface area contributed by atoms with Gasteiger partial charge in [0.2, 0.25) is 0 Å². The van der Waals surface area contributed by atoms with Crippen molar-refractivity contribution in [3.63, 3.8) is 0 Å². The lowest BCUT2D eigenvalue weighted by Gasteiger charge is -2.29. The van der Waals surface area contributed by atoms with E-state index in [2.05, 4.69) is 12.2 Å². The first-order valence-corrected chi connectivity index (χ1v) is 8.78. The van der Waals surface area contributed by atoms with E-state index < -0.39 is 9.84 Å². The topological polar surface area (TPSA) is 46.2 Å². The van der Waals surface area contributed by atoms with Gasteiger partial charge < -0.3 is 5.32 Å². The summed E-state index contributed by atoms with van der Waals surface area (Å²) in [5.41, 5.74) is 0. The lowest BCUT2D eigenvalue weighted by molar-refractivity contribution is 0.387. The summed E-state index contributed by atoms with van der Waals surface area (Å²) in [7, 11) is -2.90. The fourth-order valence-corrected chi connectivity index (χ4v) is 4.34. The van der Waals surface area contributed by atoms with Crippen molar-refractivity contribution in [1.29, 1.82) is 0 Å². The number of hydrogen-bond acceptors (Lipinski definition) is 3. The summed E-state index contributed by atoms with van der Waals surface area (Å²) in [4.78, 5) is 0. The molecule has 1 fully saturated rings. The van der Waals surface area contributed by atoms with Gasteiger partial charge in [0.1, 0.15) is 0 Å². The standard InChI is InChI=1S/C13H27NO2S/c1-3-11-14-12-9-7-5-6-8-10-13(12)17(15,16)4-2/h12-14H,3-11H2,1-2H3. The molecule has 0 spiro atoms. The van der Waals surface area contributed by atoms with Gasteiger partial charge in [-0.3, -0.25) is 0 Å². The number of nitrogens with one attached hydrogen (secondary N) is 1. The highest BCUT2D eigenvalue weighted by Gasteiger charge is 2.31. The fraction of sp³-hybridized carbons (Fsp3) is 1.00. The second-order valence-electron chi connectivity index (χ2n) is 5.04. The molecule has 17 heavy (non-hydrogen) atoms. The summed E-state index contributed by atoms with van der Waals surface area (Å²) in [6.07, 6.45) is 7.60. The molecule has 0 bridgehead atoms. The van der Waals surface area contributed by atoms with Gasteiger partial charge in [-0.1, -0.05) is 39.5 Å². The fourth-order valence-electron chi connectivity index (χ4n) is 2.66. The van der Waals surface area contributed by atoms with Crippen LogP contribution in [-0.2, 0) is 9.84 Å². The molecule has 1 rings (SSSR count). The molecule has 0 aromatic heterocycles. The van der Waals surface area contributed by atoms with Crippen LogP contribution in [0.1, 0.15) is 58.8 Å². The summed E-state index contributed by atoms with van der Waals surface area (Å²) in [5.74, 6) is 0.280. The van der Waals surface area contributed by atoms with Crippen molar-refractivity contribution >= 4 is 9.84 Å². The maximum absolute atomic E-state index is 12.2. The molecule has 102 valence electrons. The number of sulfone groups is 1. The van der Waals surface area contributed by atoms with Crippen LogP contribution in [0.4, 0.5) is 0 Å². The Kier molecular flexibility index (Phi) is 6.49. The minimum Gasteiger partial charge on any atom is -0.313 e. The van der Waals surface area contributed by atoms with E-state index in [0.29, 0.717) is 0 Å². The van der Waals surface area contributed by atoms with Crippen LogP contribution in [-0.4, -0.2) is 32.0 Å². The highest BCUT2D eigenvalue weighted by atomic mass is 32.2. The smallest absolute Gasteiger partial charge is 0.154 e. The second kappa shape index (κ2) is 7.37. The van der Waals surface area contributed by atoms with Crippen molar-refractivity contribution in [1.82, 2.24) is 5.32 Å². The largest absolute Gasteiger partial charge is 0.313 e. The van der Waals surface area contributed by atoms with Crippen molar-refractivity contribution in [2.75, 3.05) is 12.3 Å². The molecule has 3 nitrogen and oxygen atoms in total. The first kappa shape index (κ1) is 15.0. The van der Waals surface area contributed by atoms with Gasteiger partial charge in [0.15, 0.2) is 9.84 Å². The van der Waals surface area contributed by atoms with Crippen LogP contribution in [0.15, 0.2) is 0 Å². The number of hydrogen-bond donors (Lipinski definition) is 1. The quantitative estimate of drug-likeness (QED) is 0.827. The summed E-state index contributed by atoms with van der Waals surface area (Å²) in [5, 5.41) is 3.30. The van der Waals surface area contributed by atoms with E-state index in [9.17, 15) is 8.42 Å². The van der Waals surface area contributed by atoms with Crippen LogP contribution in [0.3, 0.4) is 0 Å². The van der Waals surface area contributed by atoms with Crippen molar-refractivity contribution in [2.45, 2.75) is 70.1 Å². The Morgan fingerprint density at radius 2 is 1.71 bits per heavy atom. The maximum atomic E-state index is 12.2. The molecule has 0 radical (unpaired) electrons. The normalized spacial score (nSPS) is 27.4. The zero-order valence-electron chi connectivity index (χ0n) is 11.2. The van der Waals surface area contributed by atoms with Gasteiger partial charge in [-0.2, -0.15) is 0 Å². The molecule has 4 heteroatoms. The Morgan fingerprint density at radius 1 is 1.06 bits per heavy atom. The van der Waals surface area contributed by atoms with Crippen molar-refractivity contribution in [3.8, 4) is 0 Å². The van der Waals surface area contributed by atoms with Gasteiger partial charge in [-0.05, 0) is 25.8 Å². The number of rotatable bonds is 5. The average molecular weight is 261 g/mol. The van der Waals surface area contributed by atoms with Gasteiger partial charge in [-0.15, -0.1) is 0 Å². The first-order chi connectivity index (χ1) is 8.11. The molecule has 2 atom stereocenters. The molecule has 2 unspecified atom stereocenters. The Bertz CT molecular complexity index is 299. The van der Waals surface area contributed by atoms with Crippen LogP contribution in [0.5, 0.6) is 0 Å². The second-order valence-corrected chi connectivity index (χ2v) is 7.55. The lowest BCUT2D eigenvalue weighted by atomic mass is 9.96. The van der Waals surface area contributed by atoms with E-state index in [1.165, 1.54) is 12.8 Å². The van der Waals surface area contributed by atoms with Crippen molar-refractivity contribution in [3.05, 3.63) is 0 Å². The summed E-state index contributed by atoms with van der Waals surface area (Å²) >= 11 is 0. The Morgan fingerprint density at radius 3 is 2.29 bits per heavy atom. The molecule has 0 amide bonds. The third kappa shape index (κ3) is 4.59. The molecule has 1 N–H and O–H groups in total. The Hall–Kier alpha value is -0.0900. The molecule has 0 heterocycles. The first-order valence-electron chi connectivity index (χ1n) is 7.06. The van der Waals surface area contributed by atoms with Crippen LogP contribution in [0, 0.1) is 0 Å². The molecule has 0 aromatic carbocycles. The van der Waals surface area contributed by atoms with Gasteiger partial charge >= 0.3 is 0 Å². The summed E-state index contributed by atoms with van der Waals surface area (Å²) in [6.45, 7) is 4.82. The molecule has 1 aliphatic rings. The predicted octanol–water partition coefficient (Wildman–Crippen LogP) is 2.51. The maximum Gasteiger partial charge on any atom is 0.154 e. The molecule has 1 saturated carbocycles. The zero-order chi connectivity index (χ0) is 12.7. The third-order valence-electron chi connectivity index (χ3n) is 3.72. The van der Waals surface area contributed by atoms with E-state index in [0.717, 1.165) is 38.6 Å². The van der Waals surface area contributed by atoms with E-state index in [4.69, 9.17) is 0 Å². The van der Waals surface area contributed by atoms with Crippen molar-refractivity contribution in [2.24, 2.45) is 0 Å². The van der Waals surface area contributed by atoms with Gasteiger partial charge in [-0.25, -0.2) is 8.42 Å². The van der Waals surface area contributed by atoms with Gasteiger partial charge in [0.25, 0.3) is 0 Å². The molecular formula is C13H27NO2S. The van der Waals surface area contributed by atoms with Gasteiger partial charge in [0.05, 0.1) is 5.25 Å². The summed E-state index contributed by atoms with van der Waals surface area (Å²) in [6, 6.07) is 0.181. The summed E-state index contributed by atoms with van der Waals surface area (Å²) < 4.78 is 24.3. The van der Waals surface area contributed by atoms with Crippen LogP contribution < -0.4 is 5.32 Å². The van der Waals surface area contributed by atoms with Crippen molar-refractivity contribution < 1.29 is 8.42 Å². The Balaban J connectivity index is 2.75. The predicted molar refractivity (Wildman–Crippen MR) is 73.0 cm³/mol. The highest BCUT2D eigenvalue weighted by Crippen LogP contribution is 2.23. The average Bonchev–Trinajstić information content (AvgIpc) is 2.27. The van der Waals surface area contributed by atoms with E-state index >= 15 is 0 Å². The Labute approximate surface area is 106 Å². The SMILES string of the molecule is CCCNC1CCCCCCC1S(=O)(=O)CC. The molecule has 0 aliphatic heterocycles. The van der Waals surface area contributed by atoms with Gasteiger partial charge in [0, 0.05) is 11.8 Å². The highest BCUT2D eigenvalue weighted by molar-refractivity contribution is 7.92. The van der Waals surface area contributed by atoms with Crippen LogP contribution in [0.25, 0.3) is 0 Å². The van der Waals surface area contributed by atoms with E-state index in [1.807, 2.05) is 0 Å². The molecule has 0 saturated heterocycles. The molecule has 0 aromatic rings. The lowest BCUT2D eigenvalue weighted by Crippen LogP contribution is -2.45. The van der Waals surface area contributed by atoms with Crippen LogP contribution >= 0.6 is 0 Å². The van der Waals surface area contributed by atoms with E-state index in [1.54, 1.807) is 6.92 Å². The third-order valence-corrected chi connectivity index (χ3v) is 6.01.